The van der Waals surface area contributed by atoms with Crippen molar-refractivity contribution in [2.45, 2.75) is 24.9 Å². The zero-order valence-corrected chi connectivity index (χ0v) is 11.8. The molecule has 0 aliphatic carbocycles. The Morgan fingerprint density at radius 1 is 1.42 bits per heavy atom. The van der Waals surface area contributed by atoms with Gasteiger partial charge < -0.3 is 9.15 Å². The minimum atomic E-state index is -0.266. The molecular weight excluding hydrogens is 267 g/mol. The molecule has 0 amide bonds. The van der Waals surface area contributed by atoms with Gasteiger partial charge in [-0.25, -0.2) is 4.39 Å². The van der Waals surface area contributed by atoms with Gasteiger partial charge in [-0.3, -0.25) is 0 Å². The monoisotopic (exact) mass is 282 g/mol. The quantitative estimate of drug-likeness (QED) is 0.839. The van der Waals surface area contributed by atoms with E-state index in [-0.39, 0.29) is 11.1 Å². The summed E-state index contributed by atoms with van der Waals surface area (Å²) in [6.45, 7) is 3.73. The SMILES string of the molecule is COc1ccc(F)cc1CS[C@H](C)c1nnc(C)o1. The second kappa shape index (κ2) is 6.06. The molecule has 4 nitrogen and oxygen atoms in total. The van der Waals surface area contributed by atoms with Crippen molar-refractivity contribution >= 4 is 11.8 Å². The van der Waals surface area contributed by atoms with Crippen LogP contribution < -0.4 is 4.74 Å². The normalized spacial score (nSPS) is 12.4. The Labute approximate surface area is 115 Å². The lowest BCUT2D eigenvalue weighted by Crippen LogP contribution is -1.94. The number of halogens is 1. The third-order valence-corrected chi connectivity index (χ3v) is 3.80. The number of hydrogen-bond donors (Lipinski definition) is 0. The van der Waals surface area contributed by atoms with Gasteiger partial charge in [0.05, 0.1) is 12.4 Å². The van der Waals surface area contributed by atoms with Gasteiger partial charge in [-0.2, -0.15) is 0 Å². The number of hydrogen-bond acceptors (Lipinski definition) is 5. The third-order valence-electron chi connectivity index (χ3n) is 2.62. The van der Waals surface area contributed by atoms with Crippen molar-refractivity contribution in [1.82, 2.24) is 10.2 Å². The van der Waals surface area contributed by atoms with Crippen LogP contribution in [0.1, 0.15) is 29.5 Å². The van der Waals surface area contributed by atoms with E-state index in [2.05, 4.69) is 10.2 Å². The van der Waals surface area contributed by atoms with Gasteiger partial charge >= 0.3 is 0 Å². The van der Waals surface area contributed by atoms with Gasteiger partial charge in [0.25, 0.3) is 0 Å². The van der Waals surface area contributed by atoms with E-state index in [1.165, 1.54) is 12.1 Å². The number of aryl methyl sites for hydroxylation is 1. The summed E-state index contributed by atoms with van der Waals surface area (Å²) in [5, 5.41) is 7.82. The second-order valence-corrected chi connectivity index (χ2v) is 5.40. The molecule has 0 bridgehead atoms. The van der Waals surface area contributed by atoms with Crippen LogP contribution >= 0.6 is 11.8 Å². The molecule has 2 aromatic rings. The molecule has 1 aromatic heterocycles. The maximum absolute atomic E-state index is 13.2. The molecule has 1 heterocycles. The van der Waals surface area contributed by atoms with Crippen LogP contribution in [0.25, 0.3) is 0 Å². The lowest BCUT2D eigenvalue weighted by Gasteiger charge is -2.10. The highest BCUT2D eigenvalue weighted by Gasteiger charge is 2.14. The highest BCUT2D eigenvalue weighted by Crippen LogP contribution is 2.33. The predicted molar refractivity (Wildman–Crippen MR) is 71.7 cm³/mol. The second-order valence-electron chi connectivity index (χ2n) is 4.07. The summed E-state index contributed by atoms with van der Waals surface area (Å²) in [7, 11) is 1.58. The molecule has 1 atom stereocenters. The van der Waals surface area contributed by atoms with E-state index in [1.54, 1.807) is 31.9 Å². The van der Waals surface area contributed by atoms with E-state index in [4.69, 9.17) is 9.15 Å². The molecule has 0 spiro atoms. The Morgan fingerprint density at radius 3 is 2.84 bits per heavy atom. The van der Waals surface area contributed by atoms with Crippen molar-refractivity contribution in [3.05, 3.63) is 41.4 Å². The van der Waals surface area contributed by atoms with Crippen LogP contribution in [-0.4, -0.2) is 17.3 Å². The number of thioether (sulfide) groups is 1. The molecule has 19 heavy (non-hydrogen) atoms. The van der Waals surface area contributed by atoms with Crippen LogP contribution in [0.4, 0.5) is 4.39 Å². The van der Waals surface area contributed by atoms with Gasteiger partial charge in [-0.1, -0.05) is 0 Å². The fraction of sp³-hybridized carbons (Fsp3) is 0.385. The topological polar surface area (TPSA) is 48.2 Å². The molecule has 102 valence electrons. The molecular formula is C13H15FN2O2S. The van der Waals surface area contributed by atoms with Crippen molar-refractivity contribution in [2.24, 2.45) is 0 Å². The van der Waals surface area contributed by atoms with Crippen molar-refractivity contribution in [3.63, 3.8) is 0 Å². The van der Waals surface area contributed by atoms with Gasteiger partial charge in [-0.15, -0.1) is 22.0 Å². The standard InChI is InChI=1S/C13H15FN2O2S/c1-8(13-16-15-9(2)18-13)19-7-10-6-11(14)4-5-12(10)17-3/h4-6,8H,7H2,1-3H3/t8-/m1/s1. The molecule has 0 fully saturated rings. The summed E-state index contributed by atoms with van der Waals surface area (Å²) >= 11 is 1.59. The van der Waals surface area contributed by atoms with Crippen LogP contribution in [0, 0.1) is 12.7 Å². The molecule has 2 rings (SSSR count). The summed E-state index contributed by atoms with van der Waals surface area (Å²) in [5.74, 6) is 2.16. The Hall–Kier alpha value is -1.56. The third kappa shape index (κ3) is 3.47. The number of rotatable bonds is 5. The van der Waals surface area contributed by atoms with Crippen LogP contribution in [0.2, 0.25) is 0 Å². The van der Waals surface area contributed by atoms with Crippen LogP contribution in [0.15, 0.2) is 22.6 Å². The summed E-state index contributed by atoms with van der Waals surface area (Å²) < 4.78 is 23.8. The molecule has 0 radical (unpaired) electrons. The number of nitrogens with zero attached hydrogens (tertiary/aromatic N) is 2. The lowest BCUT2D eigenvalue weighted by atomic mass is 10.2. The Morgan fingerprint density at radius 2 is 2.21 bits per heavy atom. The Bertz CT molecular complexity index is 559. The number of benzene rings is 1. The number of ether oxygens (including phenoxy) is 1. The molecule has 0 saturated heterocycles. The molecule has 0 aliphatic rings. The average Bonchev–Trinajstić information content (AvgIpc) is 2.83. The molecule has 0 N–H and O–H groups in total. The Kier molecular flexibility index (Phi) is 4.42. The first-order chi connectivity index (χ1) is 9.10. The van der Waals surface area contributed by atoms with Crippen LogP contribution in [0.5, 0.6) is 5.75 Å². The van der Waals surface area contributed by atoms with E-state index < -0.39 is 0 Å². The van der Waals surface area contributed by atoms with Crippen molar-refractivity contribution in [2.75, 3.05) is 7.11 Å². The first kappa shape index (κ1) is 13.9. The molecule has 6 heteroatoms. The van der Waals surface area contributed by atoms with Crippen LogP contribution in [0.3, 0.4) is 0 Å². The van der Waals surface area contributed by atoms with Crippen molar-refractivity contribution in [3.8, 4) is 5.75 Å². The fourth-order valence-electron chi connectivity index (χ4n) is 1.62. The maximum Gasteiger partial charge on any atom is 0.229 e. The number of aromatic nitrogens is 2. The van der Waals surface area contributed by atoms with Gasteiger partial charge in [0.15, 0.2) is 0 Å². The highest BCUT2D eigenvalue weighted by molar-refractivity contribution is 7.98. The van der Waals surface area contributed by atoms with Crippen molar-refractivity contribution in [1.29, 1.82) is 0 Å². The average molecular weight is 282 g/mol. The zero-order valence-electron chi connectivity index (χ0n) is 11.0. The predicted octanol–water partition coefficient (Wildman–Crippen LogP) is 3.52. The minimum Gasteiger partial charge on any atom is -0.496 e. The van der Waals surface area contributed by atoms with E-state index in [1.807, 2.05) is 6.92 Å². The summed E-state index contributed by atoms with van der Waals surface area (Å²) in [5.41, 5.74) is 0.815. The molecule has 0 aliphatic heterocycles. The maximum atomic E-state index is 13.2. The zero-order chi connectivity index (χ0) is 13.8. The summed E-state index contributed by atoms with van der Waals surface area (Å²) in [6, 6.07) is 4.50. The van der Waals surface area contributed by atoms with E-state index in [0.29, 0.717) is 23.3 Å². The lowest BCUT2D eigenvalue weighted by molar-refractivity contribution is 0.410. The molecule has 1 aromatic carbocycles. The summed E-state index contributed by atoms with van der Waals surface area (Å²) in [4.78, 5) is 0. The van der Waals surface area contributed by atoms with Crippen molar-refractivity contribution < 1.29 is 13.5 Å². The Balaban J connectivity index is 2.04. The smallest absolute Gasteiger partial charge is 0.229 e. The first-order valence-corrected chi connectivity index (χ1v) is 6.89. The number of methoxy groups -OCH3 is 1. The van der Waals surface area contributed by atoms with Gasteiger partial charge in [0.2, 0.25) is 11.8 Å². The van der Waals surface area contributed by atoms with E-state index in [9.17, 15) is 4.39 Å². The van der Waals surface area contributed by atoms with E-state index >= 15 is 0 Å². The summed E-state index contributed by atoms with van der Waals surface area (Å²) in [6.07, 6.45) is 0. The first-order valence-electron chi connectivity index (χ1n) is 5.84. The highest BCUT2D eigenvalue weighted by atomic mass is 32.2. The van der Waals surface area contributed by atoms with Gasteiger partial charge in [-0.05, 0) is 25.1 Å². The molecule has 0 saturated carbocycles. The molecule has 0 unspecified atom stereocenters. The largest absolute Gasteiger partial charge is 0.496 e. The fourth-order valence-corrected chi connectivity index (χ4v) is 2.52. The van der Waals surface area contributed by atoms with E-state index in [0.717, 1.165) is 5.56 Å². The van der Waals surface area contributed by atoms with Gasteiger partial charge in [0.1, 0.15) is 11.6 Å². The minimum absolute atomic E-state index is 0.0502. The van der Waals surface area contributed by atoms with Gasteiger partial charge in [0, 0.05) is 18.2 Å². The van der Waals surface area contributed by atoms with Crippen LogP contribution in [-0.2, 0) is 5.75 Å².